The van der Waals surface area contributed by atoms with Crippen molar-refractivity contribution < 1.29 is 19.1 Å². The smallest absolute Gasteiger partial charge is 0.331 e. The van der Waals surface area contributed by atoms with Gasteiger partial charge in [0.1, 0.15) is 12.4 Å². The van der Waals surface area contributed by atoms with Crippen molar-refractivity contribution in [3.05, 3.63) is 99.0 Å². The van der Waals surface area contributed by atoms with Gasteiger partial charge in [0.25, 0.3) is 5.91 Å². The summed E-state index contributed by atoms with van der Waals surface area (Å²) in [6.07, 6.45) is 2.83. The topological polar surface area (TPSA) is 64.6 Å². The summed E-state index contributed by atoms with van der Waals surface area (Å²) < 4.78 is 10.7. The highest BCUT2D eigenvalue weighted by Gasteiger charge is 2.07. The number of hydrogen-bond donors (Lipinski definition) is 1. The van der Waals surface area contributed by atoms with E-state index in [4.69, 9.17) is 44.3 Å². The molecule has 0 aromatic heterocycles. The van der Waals surface area contributed by atoms with Gasteiger partial charge in [-0.1, -0.05) is 59.1 Å². The van der Waals surface area contributed by atoms with Crippen molar-refractivity contribution in [3.63, 3.8) is 0 Å². The van der Waals surface area contributed by atoms with Gasteiger partial charge < -0.3 is 14.8 Å². The molecule has 0 spiro atoms. The average molecular weight is 491 g/mol. The molecule has 0 aliphatic heterocycles. The lowest BCUT2D eigenvalue weighted by Crippen LogP contribution is -2.20. The molecule has 3 aromatic carbocycles. The zero-order chi connectivity index (χ0) is 22.9. The summed E-state index contributed by atoms with van der Waals surface area (Å²) in [4.78, 5) is 23.8. The summed E-state index contributed by atoms with van der Waals surface area (Å²) in [7, 11) is 0. The minimum Gasteiger partial charge on any atom is -0.489 e. The third-order valence-electron chi connectivity index (χ3n) is 4.16. The average Bonchev–Trinajstić information content (AvgIpc) is 2.79. The second kappa shape index (κ2) is 11.6. The molecule has 164 valence electrons. The number of amides is 1. The number of carbonyl (C=O) groups excluding carboxylic acids is 2. The number of nitrogens with one attached hydrogen (secondary N) is 1. The molecule has 1 N–H and O–H groups in total. The molecule has 0 heterocycles. The van der Waals surface area contributed by atoms with Gasteiger partial charge in [-0.05, 0) is 59.7 Å². The van der Waals surface area contributed by atoms with Crippen LogP contribution in [0, 0.1) is 0 Å². The lowest BCUT2D eigenvalue weighted by Gasteiger charge is -2.07. The highest BCUT2D eigenvalue weighted by molar-refractivity contribution is 6.42. The van der Waals surface area contributed by atoms with E-state index in [0.29, 0.717) is 33.1 Å². The summed E-state index contributed by atoms with van der Waals surface area (Å²) in [6, 6.07) is 19.3. The van der Waals surface area contributed by atoms with Crippen molar-refractivity contribution in [1.82, 2.24) is 0 Å². The lowest BCUT2D eigenvalue weighted by molar-refractivity contribution is -0.142. The van der Waals surface area contributed by atoms with Crippen LogP contribution in [-0.2, 0) is 20.9 Å². The Labute approximate surface area is 200 Å². The van der Waals surface area contributed by atoms with E-state index >= 15 is 0 Å². The first kappa shape index (κ1) is 23.7. The van der Waals surface area contributed by atoms with Crippen LogP contribution in [-0.4, -0.2) is 18.5 Å². The second-order valence-electron chi connectivity index (χ2n) is 6.60. The van der Waals surface area contributed by atoms with Gasteiger partial charge in [0.15, 0.2) is 6.61 Å². The maximum absolute atomic E-state index is 11.9. The number of rotatable bonds is 8. The van der Waals surface area contributed by atoms with Gasteiger partial charge in [-0.25, -0.2) is 4.79 Å². The molecular weight excluding hydrogens is 473 g/mol. The largest absolute Gasteiger partial charge is 0.489 e. The van der Waals surface area contributed by atoms with E-state index in [1.54, 1.807) is 42.5 Å². The normalized spacial score (nSPS) is 10.7. The van der Waals surface area contributed by atoms with Crippen LogP contribution < -0.4 is 10.1 Å². The predicted molar refractivity (Wildman–Crippen MR) is 127 cm³/mol. The van der Waals surface area contributed by atoms with Crippen molar-refractivity contribution in [2.24, 2.45) is 0 Å². The number of anilines is 1. The van der Waals surface area contributed by atoms with Crippen LogP contribution in [0.5, 0.6) is 5.75 Å². The predicted octanol–water partition coefficient (Wildman–Crippen LogP) is 6.42. The summed E-state index contributed by atoms with van der Waals surface area (Å²) in [5.74, 6) is -0.441. The van der Waals surface area contributed by atoms with Crippen LogP contribution >= 0.6 is 34.8 Å². The Kier molecular flexibility index (Phi) is 8.56. The molecule has 3 aromatic rings. The Bertz CT molecular complexity index is 1110. The van der Waals surface area contributed by atoms with Gasteiger partial charge in [-0.15, -0.1) is 0 Å². The Hall–Kier alpha value is -2.99. The van der Waals surface area contributed by atoms with Crippen LogP contribution in [0.25, 0.3) is 6.08 Å². The van der Waals surface area contributed by atoms with Gasteiger partial charge in [0.2, 0.25) is 0 Å². The van der Waals surface area contributed by atoms with Crippen molar-refractivity contribution >= 4 is 58.4 Å². The van der Waals surface area contributed by atoms with Crippen LogP contribution in [0.15, 0.2) is 72.8 Å². The van der Waals surface area contributed by atoms with E-state index < -0.39 is 18.5 Å². The molecule has 0 aliphatic rings. The second-order valence-corrected chi connectivity index (χ2v) is 7.85. The van der Waals surface area contributed by atoms with Crippen LogP contribution in [0.3, 0.4) is 0 Å². The third kappa shape index (κ3) is 7.61. The fourth-order valence-corrected chi connectivity index (χ4v) is 2.97. The zero-order valence-corrected chi connectivity index (χ0v) is 19.0. The molecule has 3 rings (SSSR count). The molecule has 0 atom stereocenters. The quantitative estimate of drug-likeness (QED) is 0.292. The third-order valence-corrected chi connectivity index (χ3v) is 5.15. The molecule has 0 fully saturated rings. The van der Waals surface area contributed by atoms with E-state index in [2.05, 4.69) is 5.32 Å². The number of halogens is 3. The fourth-order valence-electron chi connectivity index (χ4n) is 2.54. The minimum atomic E-state index is -0.641. The van der Waals surface area contributed by atoms with Crippen molar-refractivity contribution in [2.45, 2.75) is 6.61 Å². The van der Waals surface area contributed by atoms with E-state index in [0.717, 1.165) is 11.1 Å². The Balaban J connectivity index is 1.42. The van der Waals surface area contributed by atoms with Crippen LogP contribution in [0.2, 0.25) is 15.1 Å². The monoisotopic (exact) mass is 489 g/mol. The molecule has 32 heavy (non-hydrogen) atoms. The summed E-state index contributed by atoms with van der Waals surface area (Å²) >= 11 is 17.6. The van der Waals surface area contributed by atoms with Gasteiger partial charge in [-0.3, -0.25) is 4.79 Å². The number of ether oxygens (including phenoxy) is 2. The molecular formula is C24H18Cl3NO4. The van der Waals surface area contributed by atoms with Gasteiger partial charge >= 0.3 is 5.97 Å². The first-order valence-corrected chi connectivity index (χ1v) is 10.6. The summed E-state index contributed by atoms with van der Waals surface area (Å²) in [6.45, 7) is -0.0101. The first-order chi connectivity index (χ1) is 15.4. The van der Waals surface area contributed by atoms with Gasteiger partial charge in [-0.2, -0.15) is 0 Å². The van der Waals surface area contributed by atoms with Gasteiger partial charge in [0.05, 0.1) is 10.0 Å². The van der Waals surface area contributed by atoms with Crippen molar-refractivity contribution in [1.29, 1.82) is 0 Å². The number of esters is 1. The zero-order valence-electron chi connectivity index (χ0n) is 16.7. The number of hydrogen-bond acceptors (Lipinski definition) is 4. The van der Waals surface area contributed by atoms with Crippen LogP contribution in [0.1, 0.15) is 11.1 Å². The Morgan fingerprint density at radius 3 is 2.28 bits per heavy atom. The SMILES string of the molecule is O=C(COC(=O)C=Cc1ccc(OCc2ccc(Cl)cc2)cc1)Nc1ccc(Cl)c(Cl)c1. The van der Waals surface area contributed by atoms with Gasteiger partial charge in [0, 0.05) is 16.8 Å². The number of benzene rings is 3. The summed E-state index contributed by atoms with van der Waals surface area (Å²) in [5.41, 5.74) is 2.24. The van der Waals surface area contributed by atoms with E-state index in [9.17, 15) is 9.59 Å². The lowest BCUT2D eigenvalue weighted by atomic mass is 10.2. The minimum absolute atomic E-state index is 0.311. The van der Waals surface area contributed by atoms with E-state index in [1.165, 1.54) is 12.1 Å². The number of carbonyl (C=O) groups is 2. The Morgan fingerprint density at radius 1 is 0.875 bits per heavy atom. The molecule has 0 saturated heterocycles. The molecule has 1 amide bonds. The standard InChI is InChI=1S/C24H18Cl3NO4/c25-18-6-1-17(2-7-18)14-31-20-9-3-16(4-10-20)5-12-24(30)32-15-23(29)28-19-8-11-21(26)22(27)13-19/h1-13H,14-15H2,(H,28,29). The van der Waals surface area contributed by atoms with E-state index in [1.807, 2.05) is 24.3 Å². The maximum Gasteiger partial charge on any atom is 0.331 e. The van der Waals surface area contributed by atoms with Crippen molar-refractivity contribution in [3.8, 4) is 5.75 Å². The molecule has 0 saturated carbocycles. The molecule has 0 bridgehead atoms. The van der Waals surface area contributed by atoms with Crippen molar-refractivity contribution in [2.75, 3.05) is 11.9 Å². The fraction of sp³-hybridized carbons (Fsp3) is 0.0833. The van der Waals surface area contributed by atoms with E-state index in [-0.39, 0.29) is 0 Å². The Morgan fingerprint density at radius 2 is 1.59 bits per heavy atom. The maximum atomic E-state index is 11.9. The highest BCUT2D eigenvalue weighted by atomic mass is 35.5. The molecule has 0 radical (unpaired) electrons. The summed E-state index contributed by atoms with van der Waals surface area (Å²) in [5, 5.41) is 3.93. The van der Waals surface area contributed by atoms with Crippen LogP contribution in [0.4, 0.5) is 5.69 Å². The molecule has 5 nitrogen and oxygen atoms in total. The molecule has 8 heteroatoms. The first-order valence-electron chi connectivity index (χ1n) is 9.46. The highest BCUT2D eigenvalue weighted by Crippen LogP contribution is 2.25. The molecule has 0 unspecified atom stereocenters. The molecule has 0 aliphatic carbocycles.